The van der Waals surface area contributed by atoms with Gasteiger partial charge in [0, 0.05) is 0 Å². The zero-order valence-electron chi connectivity index (χ0n) is 21.3. The van der Waals surface area contributed by atoms with Gasteiger partial charge in [-0.1, -0.05) is 70.6 Å². The molecule has 0 fully saturated rings. The molecule has 0 bridgehead atoms. The van der Waals surface area contributed by atoms with Gasteiger partial charge in [0.25, 0.3) is 0 Å². The summed E-state index contributed by atoms with van der Waals surface area (Å²) in [5.41, 5.74) is 2.57. The summed E-state index contributed by atoms with van der Waals surface area (Å²) in [7, 11) is 0. The van der Waals surface area contributed by atoms with E-state index in [1.165, 1.54) is 22.3 Å². The molecular formula is C30H42O2. The van der Waals surface area contributed by atoms with Gasteiger partial charge >= 0.3 is 0 Å². The van der Waals surface area contributed by atoms with Crippen molar-refractivity contribution in [3.05, 3.63) is 70.9 Å². The highest BCUT2D eigenvalue weighted by Gasteiger charge is 2.12. The molecule has 0 aliphatic heterocycles. The lowest BCUT2D eigenvalue weighted by Gasteiger charge is -2.09. The molecule has 2 heteroatoms. The Labute approximate surface area is 197 Å². The van der Waals surface area contributed by atoms with Crippen LogP contribution in [-0.4, -0.2) is 21.4 Å². The largest absolute Gasteiger partial charge is 0.374 e. The zero-order valence-corrected chi connectivity index (χ0v) is 21.3. The van der Waals surface area contributed by atoms with Gasteiger partial charge in [-0.05, 0) is 105 Å². The third-order valence-electron chi connectivity index (χ3n) is 4.48. The molecule has 0 rings (SSSR count). The van der Waals surface area contributed by atoms with Crippen molar-refractivity contribution in [3.8, 4) is 23.7 Å². The molecule has 0 aromatic heterocycles. The summed E-state index contributed by atoms with van der Waals surface area (Å²) in [6, 6.07) is 0. The molecule has 0 amide bonds. The van der Waals surface area contributed by atoms with Crippen LogP contribution in [0.25, 0.3) is 0 Å². The fourth-order valence-electron chi connectivity index (χ4n) is 2.54. The minimum atomic E-state index is -1.28. The lowest BCUT2D eigenvalue weighted by Crippen LogP contribution is -2.18. The van der Waals surface area contributed by atoms with E-state index in [1.54, 1.807) is 26.0 Å². The standard InChI is InChI=1S/C30H42O2/c1-25(2)15-11-17-27(5)19-13-23-29(7,31)21-9-10-22-30(8,32)24-14-20-28(6)18-12-16-26(3)4/h13-16,19-20,23-24,31-32H,11-12,17-18H2,1-8H3/b23-13+,24-14+,27-19+,28-20+. The minimum Gasteiger partial charge on any atom is -0.374 e. The first-order valence-corrected chi connectivity index (χ1v) is 11.3. The second kappa shape index (κ2) is 15.3. The number of rotatable bonds is 10. The topological polar surface area (TPSA) is 40.5 Å². The molecule has 0 heterocycles. The fourth-order valence-corrected chi connectivity index (χ4v) is 2.54. The third kappa shape index (κ3) is 18.3. The van der Waals surface area contributed by atoms with Crippen molar-refractivity contribution < 1.29 is 10.2 Å². The van der Waals surface area contributed by atoms with E-state index < -0.39 is 11.2 Å². The molecule has 2 nitrogen and oxygen atoms in total. The molecule has 2 atom stereocenters. The molecular weight excluding hydrogens is 392 g/mol. The maximum absolute atomic E-state index is 10.4. The maximum Gasteiger partial charge on any atom is 0.142 e. The maximum atomic E-state index is 10.4. The van der Waals surface area contributed by atoms with Crippen LogP contribution in [-0.2, 0) is 0 Å². The molecule has 174 valence electrons. The van der Waals surface area contributed by atoms with Gasteiger partial charge in [0.1, 0.15) is 11.2 Å². The average molecular weight is 435 g/mol. The Morgan fingerprint density at radius 3 is 1.31 bits per heavy atom. The highest BCUT2D eigenvalue weighted by Crippen LogP contribution is 2.10. The summed E-state index contributed by atoms with van der Waals surface area (Å²) in [5, 5.41) is 20.7. The monoisotopic (exact) mass is 434 g/mol. The molecule has 0 aliphatic rings. The third-order valence-corrected chi connectivity index (χ3v) is 4.48. The minimum absolute atomic E-state index is 0.988. The highest BCUT2D eigenvalue weighted by molar-refractivity contribution is 5.36. The van der Waals surface area contributed by atoms with Gasteiger partial charge in [-0.2, -0.15) is 0 Å². The molecule has 0 saturated carbocycles. The predicted octanol–water partition coefficient (Wildman–Crippen LogP) is 6.99. The Morgan fingerprint density at radius 1 is 0.656 bits per heavy atom. The first kappa shape index (κ1) is 29.5. The SMILES string of the molecule is CC(C)=CCC/C(C)=C/C=C/C(C)(O)C#CC#CC(C)(O)/C=C/C=C(\C)CCC=C(C)C. The van der Waals surface area contributed by atoms with E-state index in [1.807, 2.05) is 24.3 Å². The van der Waals surface area contributed by atoms with Crippen molar-refractivity contribution in [3.63, 3.8) is 0 Å². The number of aliphatic hydroxyl groups is 2. The van der Waals surface area contributed by atoms with Crippen molar-refractivity contribution in [2.75, 3.05) is 0 Å². The Hall–Kier alpha value is -2.52. The van der Waals surface area contributed by atoms with E-state index in [0.29, 0.717) is 0 Å². The van der Waals surface area contributed by atoms with Crippen molar-refractivity contribution in [2.45, 2.75) is 92.3 Å². The smallest absolute Gasteiger partial charge is 0.142 e. The van der Waals surface area contributed by atoms with E-state index in [9.17, 15) is 10.2 Å². The van der Waals surface area contributed by atoms with Crippen LogP contribution in [0, 0.1) is 23.7 Å². The van der Waals surface area contributed by atoms with Crippen LogP contribution in [0.2, 0.25) is 0 Å². The van der Waals surface area contributed by atoms with Crippen molar-refractivity contribution in [1.29, 1.82) is 0 Å². The molecule has 0 aliphatic carbocycles. The van der Waals surface area contributed by atoms with E-state index in [-0.39, 0.29) is 0 Å². The summed E-state index contributed by atoms with van der Waals surface area (Å²) in [5.74, 6) is 10.7. The van der Waals surface area contributed by atoms with Gasteiger partial charge in [0.2, 0.25) is 0 Å². The zero-order chi connectivity index (χ0) is 24.6. The van der Waals surface area contributed by atoms with Gasteiger partial charge in [-0.25, -0.2) is 0 Å². The van der Waals surface area contributed by atoms with Gasteiger partial charge in [-0.3, -0.25) is 0 Å². The quantitative estimate of drug-likeness (QED) is 0.221. The first-order valence-electron chi connectivity index (χ1n) is 11.3. The Bertz CT molecular complexity index is 808. The Balaban J connectivity index is 4.87. The van der Waals surface area contributed by atoms with Crippen LogP contribution in [0.15, 0.2) is 70.9 Å². The number of hydrogen-bond donors (Lipinski definition) is 2. The van der Waals surface area contributed by atoms with E-state index >= 15 is 0 Å². The number of hydrogen-bond acceptors (Lipinski definition) is 2. The summed E-state index contributed by atoms with van der Waals surface area (Å²) < 4.78 is 0. The van der Waals surface area contributed by atoms with Crippen LogP contribution >= 0.6 is 0 Å². The summed E-state index contributed by atoms with van der Waals surface area (Å²) in [6.07, 6.45) is 19.4. The predicted molar refractivity (Wildman–Crippen MR) is 140 cm³/mol. The average Bonchev–Trinajstić information content (AvgIpc) is 2.64. The normalized spacial score (nSPS) is 15.8. The number of allylic oxidation sites excluding steroid dienone is 10. The highest BCUT2D eigenvalue weighted by atomic mass is 16.3. The van der Waals surface area contributed by atoms with Crippen LogP contribution in [0.4, 0.5) is 0 Å². The lowest BCUT2D eigenvalue weighted by molar-refractivity contribution is 0.173. The summed E-state index contributed by atoms with van der Waals surface area (Å²) in [4.78, 5) is 0. The van der Waals surface area contributed by atoms with Crippen LogP contribution in [0.5, 0.6) is 0 Å². The van der Waals surface area contributed by atoms with Crippen LogP contribution in [0.1, 0.15) is 81.1 Å². The molecule has 0 aromatic carbocycles. The molecule has 0 aromatic rings. The summed E-state index contributed by atoms with van der Waals surface area (Å²) in [6.45, 7) is 15.8. The lowest BCUT2D eigenvalue weighted by atomic mass is 10.0. The van der Waals surface area contributed by atoms with Crippen molar-refractivity contribution in [1.82, 2.24) is 0 Å². The van der Waals surface area contributed by atoms with E-state index in [0.717, 1.165) is 25.7 Å². The van der Waals surface area contributed by atoms with Crippen molar-refractivity contribution >= 4 is 0 Å². The molecule has 0 radical (unpaired) electrons. The first-order chi connectivity index (χ1) is 14.8. The second-order valence-corrected chi connectivity index (χ2v) is 9.18. The molecule has 32 heavy (non-hydrogen) atoms. The van der Waals surface area contributed by atoms with Crippen LogP contribution in [0.3, 0.4) is 0 Å². The van der Waals surface area contributed by atoms with Crippen molar-refractivity contribution in [2.24, 2.45) is 0 Å². The van der Waals surface area contributed by atoms with Gasteiger partial charge in [0.15, 0.2) is 0 Å². The van der Waals surface area contributed by atoms with E-state index in [2.05, 4.69) is 77.4 Å². The Morgan fingerprint density at radius 2 is 1.00 bits per heavy atom. The molecule has 0 saturated heterocycles. The molecule has 0 spiro atoms. The Kier molecular flexibility index (Phi) is 14.1. The summed E-state index contributed by atoms with van der Waals surface area (Å²) >= 11 is 0. The van der Waals surface area contributed by atoms with Gasteiger partial charge < -0.3 is 10.2 Å². The van der Waals surface area contributed by atoms with Gasteiger partial charge in [-0.15, -0.1) is 0 Å². The molecule has 2 unspecified atom stereocenters. The van der Waals surface area contributed by atoms with Gasteiger partial charge in [0.05, 0.1) is 0 Å². The second-order valence-electron chi connectivity index (χ2n) is 9.18. The van der Waals surface area contributed by atoms with E-state index in [4.69, 9.17) is 0 Å². The fraction of sp³-hybridized carbons (Fsp3) is 0.467. The molecule has 2 N–H and O–H groups in total. The van der Waals surface area contributed by atoms with Crippen LogP contribution < -0.4 is 0 Å².